The third kappa shape index (κ3) is 1.95. The van der Waals surface area contributed by atoms with E-state index in [4.69, 9.17) is 9.31 Å². The average molecular weight is 259 g/mol. The van der Waals surface area contributed by atoms with Gasteiger partial charge < -0.3 is 9.31 Å². The van der Waals surface area contributed by atoms with Gasteiger partial charge in [-0.3, -0.25) is 0 Å². The predicted molar refractivity (Wildman–Crippen MR) is 74.2 cm³/mol. The van der Waals surface area contributed by atoms with E-state index in [1.807, 2.05) is 52.9 Å². The fourth-order valence-electron chi connectivity index (χ4n) is 2.17. The van der Waals surface area contributed by atoms with Gasteiger partial charge in [0.1, 0.15) is 11.0 Å². The lowest BCUT2D eigenvalue weighted by molar-refractivity contribution is 0.00578. The molecule has 0 unspecified atom stereocenters. The van der Waals surface area contributed by atoms with Crippen molar-refractivity contribution in [3.8, 4) is 0 Å². The van der Waals surface area contributed by atoms with Crippen molar-refractivity contribution in [2.75, 3.05) is 0 Å². The molecular formula is C13H18BN3O2. The minimum atomic E-state index is -0.351. The summed E-state index contributed by atoms with van der Waals surface area (Å²) in [6.45, 7) is 8.20. The Bertz CT molecular complexity index is 620. The van der Waals surface area contributed by atoms with Crippen LogP contribution < -0.4 is 5.46 Å². The molecule has 0 spiro atoms. The Kier molecular flexibility index (Phi) is 2.53. The molecule has 2 heterocycles. The first kappa shape index (κ1) is 12.6. The molecule has 1 aromatic heterocycles. The summed E-state index contributed by atoms with van der Waals surface area (Å²) in [5, 5.41) is 8.57. The number of benzene rings is 1. The molecule has 0 aliphatic carbocycles. The zero-order valence-electron chi connectivity index (χ0n) is 12.0. The molecule has 0 bridgehead atoms. The first-order valence-electron chi connectivity index (χ1n) is 6.45. The Morgan fingerprint density at radius 2 is 1.58 bits per heavy atom. The maximum atomic E-state index is 6.03. The smallest absolute Gasteiger partial charge is 0.399 e. The lowest BCUT2D eigenvalue weighted by Crippen LogP contribution is -2.41. The molecule has 1 aliphatic rings. The van der Waals surface area contributed by atoms with Gasteiger partial charge in [-0.2, -0.15) is 15.0 Å². The van der Waals surface area contributed by atoms with Gasteiger partial charge in [-0.1, -0.05) is 6.07 Å². The number of nitrogens with zero attached hydrogens (tertiary/aromatic N) is 3. The van der Waals surface area contributed by atoms with E-state index in [1.165, 1.54) is 0 Å². The molecule has 0 saturated carbocycles. The second-order valence-electron chi connectivity index (χ2n) is 6.03. The SMILES string of the molecule is Cn1nc2ccc(B3OC(C)(C)C(C)(C)O3)cc2n1. The van der Waals surface area contributed by atoms with Gasteiger partial charge in [0, 0.05) is 7.05 Å². The highest BCUT2D eigenvalue weighted by molar-refractivity contribution is 6.62. The van der Waals surface area contributed by atoms with Crippen LogP contribution in [0.25, 0.3) is 11.0 Å². The summed E-state index contributed by atoms with van der Waals surface area (Å²) in [6.07, 6.45) is 0. The number of aryl methyl sites for hydroxylation is 1. The van der Waals surface area contributed by atoms with E-state index in [1.54, 1.807) is 4.80 Å². The molecule has 0 amide bonds. The van der Waals surface area contributed by atoms with Crippen LogP contribution in [0.3, 0.4) is 0 Å². The largest absolute Gasteiger partial charge is 0.494 e. The highest BCUT2D eigenvalue weighted by atomic mass is 16.7. The van der Waals surface area contributed by atoms with Crippen LogP contribution in [0.1, 0.15) is 27.7 Å². The van der Waals surface area contributed by atoms with Gasteiger partial charge in [-0.05, 0) is 45.3 Å². The number of rotatable bonds is 1. The van der Waals surface area contributed by atoms with E-state index < -0.39 is 0 Å². The van der Waals surface area contributed by atoms with Crippen molar-refractivity contribution in [3.05, 3.63) is 18.2 Å². The van der Waals surface area contributed by atoms with Crippen LogP contribution in [0.2, 0.25) is 0 Å². The topological polar surface area (TPSA) is 49.2 Å². The first-order valence-corrected chi connectivity index (χ1v) is 6.45. The van der Waals surface area contributed by atoms with Gasteiger partial charge >= 0.3 is 7.12 Å². The van der Waals surface area contributed by atoms with Gasteiger partial charge in [0.25, 0.3) is 0 Å². The molecule has 2 aromatic rings. The number of hydrogen-bond acceptors (Lipinski definition) is 4. The summed E-state index contributed by atoms with van der Waals surface area (Å²) >= 11 is 0. The third-order valence-corrected chi connectivity index (χ3v) is 4.03. The Hall–Kier alpha value is -1.40. The monoisotopic (exact) mass is 259 g/mol. The quantitative estimate of drug-likeness (QED) is 0.723. The molecule has 0 N–H and O–H groups in total. The van der Waals surface area contributed by atoms with Crippen molar-refractivity contribution >= 4 is 23.6 Å². The normalized spacial score (nSPS) is 21.2. The molecule has 6 heteroatoms. The summed E-state index contributed by atoms with van der Waals surface area (Å²) in [4.78, 5) is 1.57. The second-order valence-corrected chi connectivity index (χ2v) is 6.03. The van der Waals surface area contributed by atoms with Crippen molar-refractivity contribution in [1.29, 1.82) is 0 Å². The average Bonchev–Trinajstić information content (AvgIpc) is 2.74. The van der Waals surface area contributed by atoms with Crippen molar-refractivity contribution in [1.82, 2.24) is 15.0 Å². The van der Waals surface area contributed by atoms with Crippen LogP contribution in [-0.4, -0.2) is 33.3 Å². The fourth-order valence-corrected chi connectivity index (χ4v) is 2.17. The minimum Gasteiger partial charge on any atom is -0.399 e. The molecule has 1 aromatic carbocycles. The van der Waals surface area contributed by atoms with E-state index in [9.17, 15) is 0 Å². The van der Waals surface area contributed by atoms with Crippen LogP contribution >= 0.6 is 0 Å². The van der Waals surface area contributed by atoms with Gasteiger partial charge in [0.2, 0.25) is 0 Å². The summed E-state index contributed by atoms with van der Waals surface area (Å²) in [7, 11) is 1.46. The number of hydrogen-bond donors (Lipinski definition) is 0. The van der Waals surface area contributed by atoms with Crippen LogP contribution in [0, 0.1) is 0 Å². The van der Waals surface area contributed by atoms with Gasteiger partial charge in [-0.25, -0.2) is 0 Å². The summed E-state index contributed by atoms with van der Waals surface area (Å²) in [5.74, 6) is 0. The Morgan fingerprint density at radius 3 is 2.21 bits per heavy atom. The summed E-state index contributed by atoms with van der Waals surface area (Å²) < 4.78 is 12.1. The van der Waals surface area contributed by atoms with Crippen LogP contribution in [-0.2, 0) is 16.4 Å². The number of fused-ring (bicyclic) bond motifs is 1. The molecule has 19 heavy (non-hydrogen) atoms. The molecule has 1 fully saturated rings. The molecule has 3 rings (SSSR count). The van der Waals surface area contributed by atoms with Gasteiger partial charge in [0.15, 0.2) is 0 Å². The van der Waals surface area contributed by atoms with Crippen LogP contribution in [0.5, 0.6) is 0 Å². The van der Waals surface area contributed by atoms with Crippen molar-refractivity contribution in [3.63, 3.8) is 0 Å². The highest BCUT2D eigenvalue weighted by Gasteiger charge is 2.51. The van der Waals surface area contributed by atoms with Crippen molar-refractivity contribution in [2.45, 2.75) is 38.9 Å². The molecule has 1 aliphatic heterocycles. The summed E-state index contributed by atoms with van der Waals surface area (Å²) in [5.41, 5.74) is 2.06. The Morgan fingerprint density at radius 1 is 1.00 bits per heavy atom. The molecule has 0 atom stereocenters. The Labute approximate surface area is 113 Å². The molecule has 0 radical (unpaired) electrons. The van der Waals surface area contributed by atoms with E-state index >= 15 is 0 Å². The van der Waals surface area contributed by atoms with Crippen LogP contribution in [0.15, 0.2) is 18.2 Å². The standard InChI is InChI=1S/C13H18BN3O2/c1-12(2)13(3,4)19-14(18-12)9-6-7-10-11(8-9)16-17(5)15-10/h6-8H,1-5H3. The molecule has 1 saturated heterocycles. The molecule has 5 nitrogen and oxygen atoms in total. The maximum Gasteiger partial charge on any atom is 0.494 e. The molecular weight excluding hydrogens is 241 g/mol. The minimum absolute atomic E-state index is 0.324. The van der Waals surface area contributed by atoms with E-state index in [-0.39, 0.29) is 18.3 Å². The van der Waals surface area contributed by atoms with Gasteiger partial charge in [0.05, 0.1) is 11.2 Å². The lowest BCUT2D eigenvalue weighted by Gasteiger charge is -2.32. The van der Waals surface area contributed by atoms with Crippen LogP contribution in [0.4, 0.5) is 0 Å². The zero-order chi connectivity index (χ0) is 13.8. The van der Waals surface area contributed by atoms with E-state index in [0.717, 1.165) is 16.5 Å². The van der Waals surface area contributed by atoms with Gasteiger partial charge in [-0.15, -0.1) is 0 Å². The molecule has 100 valence electrons. The highest BCUT2D eigenvalue weighted by Crippen LogP contribution is 2.36. The van der Waals surface area contributed by atoms with Crippen molar-refractivity contribution in [2.24, 2.45) is 7.05 Å². The summed E-state index contributed by atoms with van der Waals surface area (Å²) in [6, 6.07) is 5.91. The number of aromatic nitrogens is 3. The maximum absolute atomic E-state index is 6.03. The third-order valence-electron chi connectivity index (χ3n) is 4.03. The second kappa shape index (κ2) is 3.80. The fraction of sp³-hybridized carbons (Fsp3) is 0.538. The first-order chi connectivity index (χ1) is 8.78. The predicted octanol–water partition coefficient (Wildman–Crippen LogP) is 1.27. The lowest BCUT2D eigenvalue weighted by atomic mass is 9.79. The van der Waals surface area contributed by atoms with Crippen molar-refractivity contribution < 1.29 is 9.31 Å². The Balaban J connectivity index is 1.97. The zero-order valence-corrected chi connectivity index (χ0v) is 12.0. The van der Waals surface area contributed by atoms with E-state index in [2.05, 4.69) is 10.2 Å². The van der Waals surface area contributed by atoms with E-state index in [0.29, 0.717) is 0 Å².